The summed E-state index contributed by atoms with van der Waals surface area (Å²) in [5, 5.41) is 9.47. The lowest BCUT2D eigenvalue weighted by atomic mass is 10.3. The molecule has 1 rings (SSSR count). The Bertz CT molecular complexity index is 398. The van der Waals surface area contributed by atoms with Crippen molar-refractivity contribution in [1.29, 1.82) is 0 Å². The van der Waals surface area contributed by atoms with E-state index in [1.807, 2.05) is 13.8 Å². The van der Waals surface area contributed by atoms with E-state index in [-0.39, 0.29) is 5.25 Å². The van der Waals surface area contributed by atoms with Crippen LogP contribution in [0.25, 0.3) is 0 Å². The Balaban J connectivity index is 2.84. The number of anilines is 1. The minimum absolute atomic E-state index is 0.000634. The highest BCUT2D eigenvalue weighted by Crippen LogP contribution is 2.27. The van der Waals surface area contributed by atoms with Gasteiger partial charge in [0.05, 0.1) is 0 Å². The number of carboxylic acid groups (broad SMARTS) is 1. The smallest absolute Gasteiger partial charge is 0.346 e. The molecule has 0 spiro atoms. The summed E-state index contributed by atoms with van der Waals surface area (Å²) in [6, 6.07) is 1.70. The maximum Gasteiger partial charge on any atom is 0.346 e. The van der Waals surface area contributed by atoms with Gasteiger partial charge >= 0.3 is 5.97 Å². The van der Waals surface area contributed by atoms with Crippen molar-refractivity contribution in [1.82, 2.24) is 0 Å². The molecule has 1 atom stereocenters. The van der Waals surface area contributed by atoms with Crippen molar-refractivity contribution in [3.05, 3.63) is 16.5 Å². The topological polar surface area (TPSA) is 66.4 Å². The van der Waals surface area contributed by atoms with Gasteiger partial charge < -0.3 is 5.11 Å². The van der Waals surface area contributed by atoms with Crippen molar-refractivity contribution in [2.45, 2.75) is 26.0 Å². The fourth-order valence-corrected chi connectivity index (χ4v) is 2.63. The van der Waals surface area contributed by atoms with Crippen LogP contribution >= 0.6 is 11.3 Å². The molecule has 0 aliphatic heterocycles. The fourth-order valence-electron chi connectivity index (χ4n) is 0.962. The molecule has 0 bridgehead atoms. The molecule has 0 saturated carbocycles. The average molecular weight is 247 g/mol. The summed E-state index contributed by atoms with van der Waals surface area (Å²) in [5.74, 6) is -0.944. The van der Waals surface area contributed by atoms with Gasteiger partial charge in [-0.1, -0.05) is 0 Å². The second kappa shape index (κ2) is 4.76. The Labute approximate surface area is 94.9 Å². The van der Waals surface area contributed by atoms with E-state index >= 15 is 0 Å². The Morgan fingerprint density at radius 3 is 2.60 bits per heavy atom. The van der Waals surface area contributed by atoms with E-state index < -0.39 is 17.0 Å². The lowest BCUT2D eigenvalue weighted by Crippen LogP contribution is -2.13. The van der Waals surface area contributed by atoms with Gasteiger partial charge in [0.15, 0.2) is 0 Å². The van der Waals surface area contributed by atoms with Crippen LogP contribution in [0.2, 0.25) is 0 Å². The van der Waals surface area contributed by atoms with E-state index in [0.717, 1.165) is 11.3 Å². The molecule has 84 valence electrons. The summed E-state index contributed by atoms with van der Waals surface area (Å²) < 4.78 is 14.2. The molecule has 4 nitrogen and oxygen atoms in total. The highest BCUT2D eigenvalue weighted by Gasteiger charge is 2.14. The Kier molecular flexibility index (Phi) is 3.87. The van der Waals surface area contributed by atoms with Crippen LogP contribution in [0, 0.1) is 6.92 Å². The molecule has 15 heavy (non-hydrogen) atoms. The SMILES string of the molecule is Cc1cc(NS(=O)C(C)C)sc1C(=O)O. The van der Waals surface area contributed by atoms with Gasteiger partial charge in [0.1, 0.15) is 20.9 Å². The normalized spacial score (nSPS) is 12.8. The summed E-state index contributed by atoms with van der Waals surface area (Å²) in [7, 11) is -1.16. The van der Waals surface area contributed by atoms with Crippen molar-refractivity contribution < 1.29 is 14.1 Å². The fraction of sp³-hybridized carbons (Fsp3) is 0.444. The quantitative estimate of drug-likeness (QED) is 0.857. The van der Waals surface area contributed by atoms with Gasteiger partial charge in [0.2, 0.25) is 0 Å². The highest BCUT2D eigenvalue weighted by atomic mass is 32.2. The van der Waals surface area contributed by atoms with Crippen molar-refractivity contribution in [3.8, 4) is 0 Å². The van der Waals surface area contributed by atoms with E-state index in [0.29, 0.717) is 15.4 Å². The van der Waals surface area contributed by atoms with Crippen LogP contribution in [0.1, 0.15) is 29.1 Å². The zero-order valence-corrected chi connectivity index (χ0v) is 10.4. The zero-order valence-electron chi connectivity index (χ0n) is 8.73. The molecular formula is C9H13NO3S2. The lowest BCUT2D eigenvalue weighted by molar-refractivity contribution is 0.0701. The zero-order chi connectivity index (χ0) is 11.6. The maximum absolute atomic E-state index is 11.5. The second-order valence-corrected chi connectivity index (χ2v) is 6.17. The number of nitrogens with one attached hydrogen (secondary N) is 1. The summed E-state index contributed by atoms with van der Waals surface area (Å²) >= 11 is 1.11. The molecule has 1 aromatic heterocycles. The first kappa shape index (κ1) is 12.2. The summed E-state index contributed by atoms with van der Waals surface area (Å²) in [6.07, 6.45) is 0. The molecule has 0 aromatic carbocycles. The van der Waals surface area contributed by atoms with Crippen molar-refractivity contribution in [2.24, 2.45) is 0 Å². The maximum atomic E-state index is 11.5. The lowest BCUT2D eigenvalue weighted by Gasteiger charge is -2.05. The number of hydrogen-bond donors (Lipinski definition) is 2. The van der Waals surface area contributed by atoms with E-state index in [2.05, 4.69) is 4.72 Å². The summed E-state index contributed by atoms with van der Waals surface area (Å²) in [4.78, 5) is 11.1. The van der Waals surface area contributed by atoms with Gasteiger partial charge in [0.25, 0.3) is 0 Å². The van der Waals surface area contributed by atoms with Crippen LogP contribution in [0.4, 0.5) is 5.00 Å². The van der Waals surface area contributed by atoms with Crippen LogP contribution in [-0.2, 0) is 11.0 Å². The van der Waals surface area contributed by atoms with Crippen LogP contribution in [-0.4, -0.2) is 20.5 Å². The standard InChI is InChI=1S/C9H13NO3S2/c1-5(2)15(13)10-7-4-6(3)8(14-7)9(11)12/h4-5,10H,1-3H3,(H,11,12). The van der Waals surface area contributed by atoms with Crippen LogP contribution < -0.4 is 4.72 Å². The minimum atomic E-state index is -1.16. The van der Waals surface area contributed by atoms with Gasteiger partial charge in [-0.15, -0.1) is 11.3 Å². The van der Waals surface area contributed by atoms with E-state index in [1.54, 1.807) is 13.0 Å². The summed E-state index contributed by atoms with van der Waals surface area (Å²) in [5.41, 5.74) is 0.691. The van der Waals surface area contributed by atoms with E-state index in [4.69, 9.17) is 5.11 Å². The predicted molar refractivity (Wildman–Crippen MR) is 62.9 cm³/mol. The molecule has 0 amide bonds. The van der Waals surface area contributed by atoms with Gasteiger partial charge in [-0.25, -0.2) is 9.00 Å². The number of hydrogen-bond acceptors (Lipinski definition) is 3. The number of rotatable bonds is 4. The molecule has 1 aromatic rings. The van der Waals surface area contributed by atoms with Gasteiger partial charge in [0, 0.05) is 5.25 Å². The van der Waals surface area contributed by atoms with E-state index in [1.165, 1.54) is 0 Å². The van der Waals surface area contributed by atoms with Gasteiger partial charge in [-0.2, -0.15) is 0 Å². The van der Waals surface area contributed by atoms with E-state index in [9.17, 15) is 9.00 Å². The van der Waals surface area contributed by atoms with Crippen molar-refractivity contribution in [2.75, 3.05) is 4.72 Å². The third kappa shape index (κ3) is 3.04. The Morgan fingerprint density at radius 2 is 2.20 bits per heavy atom. The first-order chi connectivity index (χ1) is 6.91. The predicted octanol–water partition coefficient (Wildman–Crippen LogP) is 2.24. The van der Waals surface area contributed by atoms with Crippen LogP contribution in [0.5, 0.6) is 0 Å². The van der Waals surface area contributed by atoms with Crippen LogP contribution in [0.3, 0.4) is 0 Å². The molecule has 0 fully saturated rings. The Morgan fingerprint density at radius 1 is 1.60 bits per heavy atom. The third-order valence-electron chi connectivity index (χ3n) is 1.74. The third-order valence-corrected chi connectivity index (χ3v) is 4.29. The second-order valence-electron chi connectivity index (χ2n) is 3.38. The number of carboxylic acids is 1. The first-order valence-electron chi connectivity index (χ1n) is 4.42. The summed E-state index contributed by atoms with van der Waals surface area (Å²) in [6.45, 7) is 5.40. The molecule has 0 saturated heterocycles. The van der Waals surface area contributed by atoms with Crippen LogP contribution in [0.15, 0.2) is 6.07 Å². The van der Waals surface area contributed by atoms with Gasteiger partial charge in [-0.3, -0.25) is 4.72 Å². The number of thiophene rings is 1. The van der Waals surface area contributed by atoms with Crippen molar-refractivity contribution in [3.63, 3.8) is 0 Å². The monoisotopic (exact) mass is 247 g/mol. The number of carbonyl (C=O) groups is 1. The average Bonchev–Trinajstić information content (AvgIpc) is 2.46. The molecule has 0 aliphatic carbocycles. The van der Waals surface area contributed by atoms with Gasteiger partial charge in [-0.05, 0) is 32.4 Å². The minimum Gasteiger partial charge on any atom is -0.477 e. The molecule has 0 radical (unpaired) electrons. The van der Waals surface area contributed by atoms with Crippen molar-refractivity contribution >= 4 is 33.3 Å². The molecule has 6 heteroatoms. The number of aromatic carboxylic acids is 1. The molecule has 1 heterocycles. The molecular weight excluding hydrogens is 234 g/mol. The molecule has 0 aliphatic rings. The largest absolute Gasteiger partial charge is 0.477 e. The molecule has 1 unspecified atom stereocenters. The first-order valence-corrected chi connectivity index (χ1v) is 6.45. The Hall–Kier alpha value is -0.880. The molecule has 2 N–H and O–H groups in total. The number of aryl methyl sites for hydroxylation is 1. The highest BCUT2D eigenvalue weighted by molar-refractivity contribution is 7.87.